The largest absolute Gasteiger partial charge is 0.447 e. The third kappa shape index (κ3) is 2.59. The standard InChI is InChI=1S/C11H11BrN2O/c1-8-2-3-9(12)4-11(8)14-6-10-5-13-7-15-10/h2-5,7,14H,6H2,1H3. The molecule has 0 bridgehead atoms. The number of oxazole rings is 1. The monoisotopic (exact) mass is 266 g/mol. The van der Waals surface area contributed by atoms with Crippen molar-refractivity contribution in [3.8, 4) is 0 Å². The van der Waals surface area contributed by atoms with Crippen LogP contribution in [0.15, 0.2) is 39.7 Å². The average molecular weight is 267 g/mol. The summed E-state index contributed by atoms with van der Waals surface area (Å²) in [5.41, 5.74) is 2.30. The number of aryl methyl sites for hydroxylation is 1. The highest BCUT2D eigenvalue weighted by molar-refractivity contribution is 9.10. The molecule has 0 saturated heterocycles. The number of nitrogens with zero attached hydrogens (tertiary/aromatic N) is 1. The Kier molecular flexibility index (Phi) is 3.06. The van der Waals surface area contributed by atoms with Crippen molar-refractivity contribution in [3.63, 3.8) is 0 Å². The maximum Gasteiger partial charge on any atom is 0.180 e. The summed E-state index contributed by atoms with van der Waals surface area (Å²) >= 11 is 3.44. The molecule has 0 aliphatic rings. The van der Waals surface area contributed by atoms with Gasteiger partial charge in [-0.25, -0.2) is 4.98 Å². The lowest BCUT2D eigenvalue weighted by Gasteiger charge is -2.08. The highest BCUT2D eigenvalue weighted by atomic mass is 79.9. The Morgan fingerprint density at radius 2 is 2.33 bits per heavy atom. The molecule has 1 N–H and O–H groups in total. The molecule has 4 heteroatoms. The first kappa shape index (κ1) is 10.2. The normalized spacial score (nSPS) is 10.3. The second-order valence-electron chi connectivity index (χ2n) is 3.28. The lowest BCUT2D eigenvalue weighted by atomic mass is 10.2. The summed E-state index contributed by atoms with van der Waals surface area (Å²) in [6.45, 7) is 2.71. The molecule has 0 saturated carbocycles. The maximum absolute atomic E-state index is 5.14. The van der Waals surface area contributed by atoms with Crippen LogP contribution in [0, 0.1) is 6.92 Å². The van der Waals surface area contributed by atoms with Crippen molar-refractivity contribution in [3.05, 3.63) is 46.6 Å². The van der Waals surface area contributed by atoms with Gasteiger partial charge in [-0.3, -0.25) is 0 Å². The summed E-state index contributed by atoms with van der Waals surface area (Å²) in [5.74, 6) is 0.828. The Labute approximate surface area is 96.6 Å². The van der Waals surface area contributed by atoms with E-state index in [1.54, 1.807) is 6.20 Å². The first-order chi connectivity index (χ1) is 7.25. The van der Waals surface area contributed by atoms with Crippen LogP contribution in [-0.4, -0.2) is 4.98 Å². The molecular formula is C11H11BrN2O. The number of rotatable bonds is 3. The zero-order chi connectivity index (χ0) is 10.7. The Balaban J connectivity index is 2.07. The molecule has 2 aromatic rings. The van der Waals surface area contributed by atoms with Gasteiger partial charge in [-0.1, -0.05) is 22.0 Å². The molecule has 15 heavy (non-hydrogen) atoms. The van der Waals surface area contributed by atoms with Gasteiger partial charge in [-0.2, -0.15) is 0 Å². The zero-order valence-corrected chi connectivity index (χ0v) is 9.91. The second kappa shape index (κ2) is 4.49. The smallest absolute Gasteiger partial charge is 0.180 e. The lowest BCUT2D eigenvalue weighted by molar-refractivity contribution is 0.511. The minimum absolute atomic E-state index is 0.650. The van der Waals surface area contributed by atoms with Crippen LogP contribution < -0.4 is 5.32 Å². The molecule has 0 aliphatic carbocycles. The summed E-state index contributed by atoms with van der Waals surface area (Å²) in [4.78, 5) is 3.86. The quantitative estimate of drug-likeness (QED) is 0.926. The van der Waals surface area contributed by atoms with Crippen molar-refractivity contribution in [1.29, 1.82) is 0 Å². The Morgan fingerprint density at radius 3 is 3.07 bits per heavy atom. The van der Waals surface area contributed by atoms with Gasteiger partial charge in [0.05, 0.1) is 12.7 Å². The SMILES string of the molecule is Cc1ccc(Br)cc1NCc1cnco1. The maximum atomic E-state index is 5.14. The van der Waals surface area contributed by atoms with Crippen LogP contribution in [0.5, 0.6) is 0 Å². The average Bonchev–Trinajstić information content (AvgIpc) is 2.72. The lowest BCUT2D eigenvalue weighted by Crippen LogP contribution is -1.99. The number of halogens is 1. The molecule has 0 atom stereocenters. The van der Waals surface area contributed by atoms with E-state index in [1.165, 1.54) is 12.0 Å². The van der Waals surface area contributed by atoms with Gasteiger partial charge in [0.2, 0.25) is 0 Å². The fourth-order valence-corrected chi connectivity index (χ4v) is 1.66. The van der Waals surface area contributed by atoms with Crippen LogP contribution in [0.2, 0.25) is 0 Å². The van der Waals surface area contributed by atoms with Gasteiger partial charge in [0, 0.05) is 10.2 Å². The number of hydrogen-bond donors (Lipinski definition) is 1. The van der Waals surface area contributed by atoms with E-state index in [9.17, 15) is 0 Å². The Bertz CT molecular complexity index is 440. The van der Waals surface area contributed by atoms with Crippen molar-refractivity contribution < 1.29 is 4.42 Å². The number of nitrogens with one attached hydrogen (secondary N) is 1. The second-order valence-corrected chi connectivity index (χ2v) is 4.20. The van der Waals surface area contributed by atoms with Gasteiger partial charge < -0.3 is 9.73 Å². The molecule has 0 amide bonds. The summed E-state index contributed by atoms with van der Waals surface area (Å²) in [6.07, 6.45) is 3.14. The molecule has 1 heterocycles. The molecule has 78 valence electrons. The van der Waals surface area contributed by atoms with Crippen molar-refractivity contribution in [2.24, 2.45) is 0 Å². The number of hydrogen-bond acceptors (Lipinski definition) is 3. The zero-order valence-electron chi connectivity index (χ0n) is 8.33. The molecule has 0 fully saturated rings. The molecular weight excluding hydrogens is 256 g/mol. The number of aromatic nitrogens is 1. The third-order valence-electron chi connectivity index (χ3n) is 2.14. The Hall–Kier alpha value is -1.29. The number of anilines is 1. The van der Waals surface area contributed by atoms with Crippen LogP contribution in [0.1, 0.15) is 11.3 Å². The highest BCUT2D eigenvalue weighted by Crippen LogP contribution is 2.21. The van der Waals surface area contributed by atoms with Crippen molar-refractivity contribution in [1.82, 2.24) is 4.98 Å². The minimum Gasteiger partial charge on any atom is -0.447 e. The molecule has 0 radical (unpaired) electrons. The molecule has 0 aliphatic heterocycles. The van der Waals surface area contributed by atoms with Crippen LogP contribution in [0.4, 0.5) is 5.69 Å². The fourth-order valence-electron chi connectivity index (χ4n) is 1.30. The van der Waals surface area contributed by atoms with Crippen molar-refractivity contribution >= 4 is 21.6 Å². The Morgan fingerprint density at radius 1 is 1.47 bits per heavy atom. The molecule has 0 spiro atoms. The van der Waals surface area contributed by atoms with Gasteiger partial charge in [0.25, 0.3) is 0 Å². The highest BCUT2D eigenvalue weighted by Gasteiger charge is 2.00. The minimum atomic E-state index is 0.650. The number of benzene rings is 1. The van der Waals surface area contributed by atoms with E-state index in [0.29, 0.717) is 6.54 Å². The van der Waals surface area contributed by atoms with Crippen LogP contribution in [-0.2, 0) is 6.54 Å². The molecule has 1 aromatic heterocycles. The van der Waals surface area contributed by atoms with Crippen molar-refractivity contribution in [2.75, 3.05) is 5.32 Å². The van der Waals surface area contributed by atoms with E-state index in [-0.39, 0.29) is 0 Å². The van der Waals surface area contributed by atoms with E-state index in [1.807, 2.05) is 12.1 Å². The first-order valence-corrected chi connectivity index (χ1v) is 5.42. The van der Waals surface area contributed by atoms with E-state index >= 15 is 0 Å². The third-order valence-corrected chi connectivity index (χ3v) is 2.63. The van der Waals surface area contributed by atoms with E-state index in [4.69, 9.17) is 4.42 Å². The van der Waals surface area contributed by atoms with Gasteiger partial charge in [0.15, 0.2) is 6.39 Å². The molecule has 2 rings (SSSR count). The molecule has 1 aromatic carbocycles. The molecule has 3 nitrogen and oxygen atoms in total. The van der Waals surface area contributed by atoms with Crippen LogP contribution >= 0.6 is 15.9 Å². The predicted octanol–water partition coefficient (Wildman–Crippen LogP) is 3.36. The van der Waals surface area contributed by atoms with E-state index < -0.39 is 0 Å². The van der Waals surface area contributed by atoms with Gasteiger partial charge in [0.1, 0.15) is 5.76 Å². The van der Waals surface area contributed by atoms with Crippen LogP contribution in [0.3, 0.4) is 0 Å². The summed E-state index contributed by atoms with van der Waals surface area (Å²) in [6, 6.07) is 6.13. The fraction of sp³-hybridized carbons (Fsp3) is 0.182. The van der Waals surface area contributed by atoms with E-state index in [2.05, 4.69) is 39.2 Å². The summed E-state index contributed by atoms with van der Waals surface area (Å²) < 4.78 is 6.20. The van der Waals surface area contributed by atoms with Crippen molar-refractivity contribution in [2.45, 2.75) is 13.5 Å². The van der Waals surface area contributed by atoms with Gasteiger partial charge >= 0.3 is 0 Å². The molecule has 0 unspecified atom stereocenters. The van der Waals surface area contributed by atoms with Crippen LogP contribution in [0.25, 0.3) is 0 Å². The first-order valence-electron chi connectivity index (χ1n) is 4.63. The van der Waals surface area contributed by atoms with E-state index in [0.717, 1.165) is 15.9 Å². The summed E-state index contributed by atoms with van der Waals surface area (Å²) in [5, 5.41) is 3.29. The van der Waals surface area contributed by atoms with Gasteiger partial charge in [-0.15, -0.1) is 0 Å². The predicted molar refractivity (Wildman–Crippen MR) is 62.7 cm³/mol. The van der Waals surface area contributed by atoms with Gasteiger partial charge in [-0.05, 0) is 24.6 Å². The topological polar surface area (TPSA) is 38.1 Å². The summed E-state index contributed by atoms with van der Waals surface area (Å²) in [7, 11) is 0.